The van der Waals surface area contributed by atoms with E-state index in [1.54, 1.807) is 11.8 Å². The molecule has 2 rings (SSSR count). The van der Waals surface area contributed by atoms with Gasteiger partial charge in [0, 0.05) is 22.6 Å². The molecule has 1 nitrogen and oxygen atoms in total. The molecule has 0 aliphatic carbocycles. The molecule has 62 valence electrons. The quantitative estimate of drug-likeness (QED) is 0.607. The van der Waals surface area contributed by atoms with Gasteiger partial charge in [0.25, 0.3) is 0 Å². The van der Waals surface area contributed by atoms with Gasteiger partial charge in [-0.15, -0.1) is 11.8 Å². The number of ketones is 1. The van der Waals surface area contributed by atoms with Gasteiger partial charge < -0.3 is 0 Å². The highest BCUT2D eigenvalue weighted by Gasteiger charge is 2.16. The van der Waals surface area contributed by atoms with Crippen molar-refractivity contribution in [1.82, 2.24) is 0 Å². The van der Waals surface area contributed by atoms with E-state index in [4.69, 9.17) is 0 Å². The zero-order valence-electron chi connectivity index (χ0n) is 6.96. The number of benzene rings is 1. The van der Waals surface area contributed by atoms with Gasteiger partial charge in [0.1, 0.15) is 0 Å². The molecule has 0 amide bonds. The second kappa shape index (κ2) is 2.94. The van der Waals surface area contributed by atoms with E-state index in [9.17, 15) is 4.79 Å². The van der Waals surface area contributed by atoms with Crippen molar-refractivity contribution in [2.24, 2.45) is 0 Å². The summed E-state index contributed by atoms with van der Waals surface area (Å²) in [4.78, 5) is 12.5. The van der Waals surface area contributed by atoms with Gasteiger partial charge in [0.05, 0.1) is 0 Å². The topological polar surface area (TPSA) is 17.1 Å². The lowest BCUT2D eigenvalue weighted by Gasteiger charge is -2.13. The van der Waals surface area contributed by atoms with Crippen LogP contribution in [0.4, 0.5) is 0 Å². The van der Waals surface area contributed by atoms with Crippen molar-refractivity contribution < 1.29 is 4.79 Å². The molecule has 0 atom stereocenters. The van der Waals surface area contributed by atoms with Crippen molar-refractivity contribution in [2.75, 3.05) is 5.75 Å². The molecule has 2 heteroatoms. The van der Waals surface area contributed by atoms with Crippen LogP contribution in [-0.4, -0.2) is 11.5 Å². The Kier molecular flexibility index (Phi) is 1.93. The standard InChI is InChI=1S/C10H10OS/c1-7-2-3-8-9(11)4-5-12-10(8)6-7/h2-3,6H,4-5H2,1H3. The molecule has 0 spiro atoms. The summed E-state index contributed by atoms with van der Waals surface area (Å²) in [6.45, 7) is 2.06. The van der Waals surface area contributed by atoms with Crippen LogP contribution < -0.4 is 0 Å². The summed E-state index contributed by atoms with van der Waals surface area (Å²) in [7, 11) is 0. The monoisotopic (exact) mass is 178 g/mol. The minimum Gasteiger partial charge on any atom is -0.294 e. The van der Waals surface area contributed by atoms with Crippen LogP contribution in [0.2, 0.25) is 0 Å². The fourth-order valence-corrected chi connectivity index (χ4v) is 2.48. The SMILES string of the molecule is Cc1ccc2c(c1)SCCC2=O. The first-order chi connectivity index (χ1) is 5.77. The maximum absolute atomic E-state index is 11.4. The van der Waals surface area contributed by atoms with Crippen LogP contribution in [0.1, 0.15) is 22.3 Å². The highest BCUT2D eigenvalue weighted by molar-refractivity contribution is 7.99. The van der Waals surface area contributed by atoms with E-state index in [1.807, 2.05) is 12.1 Å². The second-order valence-corrected chi connectivity index (χ2v) is 4.16. The number of hydrogen-bond acceptors (Lipinski definition) is 2. The van der Waals surface area contributed by atoms with E-state index in [0.29, 0.717) is 12.2 Å². The van der Waals surface area contributed by atoms with E-state index >= 15 is 0 Å². The van der Waals surface area contributed by atoms with Crippen molar-refractivity contribution >= 4 is 17.5 Å². The van der Waals surface area contributed by atoms with Crippen LogP contribution in [-0.2, 0) is 0 Å². The van der Waals surface area contributed by atoms with Gasteiger partial charge in [-0.1, -0.05) is 12.1 Å². The van der Waals surface area contributed by atoms with Crippen LogP contribution in [0, 0.1) is 6.92 Å². The number of rotatable bonds is 0. The predicted molar refractivity (Wildman–Crippen MR) is 50.9 cm³/mol. The molecule has 0 saturated heterocycles. The third-order valence-electron chi connectivity index (χ3n) is 2.02. The third kappa shape index (κ3) is 1.27. The molecule has 0 N–H and O–H groups in total. The summed E-state index contributed by atoms with van der Waals surface area (Å²) >= 11 is 1.79. The lowest BCUT2D eigenvalue weighted by molar-refractivity contribution is 0.0985. The molecule has 0 aromatic heterocycles. The lowest BCUT2D eigenvalue weighted by Crippen LogP contribution is -2.07. The first-order valence-corrected chi connectivity index (χ1v) is 5.02. The van der Waals surface area contributed by atoms with Gasteiger partial charge >= 0.3 is 0 Å². The van der Waals surface area contributed by atoms with Crippen molar-refractivity contribution in [1.29, 1.82) is 0 Å². The van der Waals surface area contributed by atoms with Gasteiger partial charge in [0.2, 0.25) is 0 Å². The average Bonchev–Trinajstić information content (AvgIpc) is 2.04. The second-order valence-electron chi connectivity index (χ2n) is 3.02. The summed E-state index contributed by atoms with van der Waals surface area (Å²) in [6.07, 6.45) is 0.695. The Bertz CT molecular complexity index is 331. The minimum atomic E-state index is 0.295. The molecule has 0 radical (unpaired) electrons. The molecule has 1 aromatic rings. The summed E-state index contributed by atoms with van der Waals surface area (Å²) in [5.74, 6) is 1.23. The normalized spacial score (nSPS) is 15.9. The molecule has 0 fully saturated rings. The molecular weight excluding hydrogens is 168 g/mol. The summed E-state index contributed by atoms with van der Waals surface area (Å²) in [5.41, 5.74) is 2.15. The van der Waals surface area contributed by atoms with Crippen LogP contribution in [0.5, 0.6) is 0 Å². The number of fused-ring (bicyclic) bond motifs is 1. The molecular formula is C10H10OS. The number of aryl methyl sites for hydroxylation is 1. The first-order valence-electron chi connectivity index (χ1n) is 4.04. The van der Waals surface area contributed by atoms with E-state index < -0.39 is 0 Å². The number of carbonyl (C=O) groups is 1. The Hall–Kier alpha value is -0.760. The van der Waals surface area contributed by atoms with Crippen molar-refractivity contribution in [2.45, 2.75) is 18.2 Å². The highest BCUT2D eigenvalue weighted by atomic mass is 32.2. The molecule has 1 aliphatic heterocycles. The van der Waals surface area contributed by atoms with E-state index in [0.717, 1.165) is 16.2 Å². The Morgan fingerprint density at radius 3 is 3.08 bits per heavy atom. The predicted octanol–water partition coefficient (Wildman–Crippen LogP) is 2.67. The average molecular weight is 178 g/mol. The smallest absolute Gasteiger partial charge is 0.164 e. The Balaban J connectivity index is 2.53. The van der Waals surface area contributed by atoms with Crippen LogP contribution in [0.15, 0.2) is 23.1 Å². The van der Waals surface area contributed by atoms with Gasteiger partial charge in [-0.2, -0.15) is 0 Å². The molecule has 0 saturated carbocycles. The molecule has 1 aromatic carbocycles. The van der Waals surface area contributed by atoms with Gasteiger partial charge in [-0.05, 0) is 18.6 Å². The number of hydrogen-bond donors (Lipinski definition) is 0. The Labute approximate surface area is 76.2 Å². The van der Waals surface area contributed by atoms with E-state index in [-0.39, 0.29) is 0 Å². The molecule has 1 heterocycles. The fraction of sp³-hybridized carbons (Fsp3) is 0.300. The minimum absolute atomic E-state index is 0.295. The summed E-state index contributed by atoms with van der Waals surface area (Å²) in [5, 5.41) is 0. The Morgan fingerprint density at radius 2 is 2.25 bits per heavy atom. The highest BCUT2D eigenvalue weighted by Crippen LogP contribution is 2.30. The Morgan fingerprint density at radius 1 is 1.42 bits per heavy atom. The van der Waals surface area contributed by atoms with E-state index in [1.165, 1.54) is 5.56 Å². The largest absolute Gasteiger partial charge is 0.294 e. The fourth-order valence-electron chi connectivity index (χ4n) is 1.37. The number of carbonyl (C=O) groups excluding carboxylic acids is 1. The van der Waals surface area contributed by atoms with Crippen molar-refractivity contribution in [3.8, 4) is 0 Å². The zero-order valence-corrected chi connectivity index (χ0v) is 7.78. The van der Waals surface area contributed by atoms with Crippen LogP contribution in [0.3, 0.4) is 0 Å². The third-order valence-corrected chi connectivity index (χ3v) is 3.08. The summed E-state index contributed by atoms with van der Waals surface area (Å²) < 4.78 is 0. The molecule has 0 unspecified atom stereocenters. The maximum atomic E-state index is 11.4. The van der Waals surface area contributed by atoms with E-state index in [2.05, 4.69) is 13.0 Å². The van der Waals surface area contributed by atoms with Gasteiger partial charge in [-0.3, -0.25) is 4.79 Å². The summed E-state index contributed by atoms with van der Waals surface area (Å²) in [6, 6.07) is 6.04. The van der Waals surface area contributed by atoms with Gasteiger partial charge in [0.15, 0.2) is 5.78 Å². The van der Waals surface area contributed by atoms with Gasteiger partial charge in [-0.25, -0.2) is 0 Å². The molecule has 12 heavy (non-hydrogen) atoms. The number of thioether (sulfide) groups is 1. The van der Waals surface area contributed by atoms with Crippen molar-refractivity contribution in [3.63, 3.8) is 0 Å². The number of Topliss-reactive ketones (excluding diaryl/α,β-unsaturated/α-hetero) is 1. The van der Waals surface area contributed by atoms with Crippen molar-refractivity contribution in [3.05, 3.63) is 29.3 Å². The molecule has 1 aliphatic rings. The van der Waals surface area contributed by atoms with Crippen LogP contribution >= 0.6 is 11.8 Å². The zero-order chi connectivity index (χ0) is 8.55. The first kappa shape index (κ1) is 7.87. The molecule has 0 bridgehead atoms. The van der Waals surface area contributed by atoms with Crippen LogP contribution in [0.25, 0.3) is 0 Å². The lowest BCUT2D eigenvalue weighted by atomic mass is 10.1. The maximum Gasteiger partial charge on any atom is 0.164 e.